The number of allylic oxidation sites excluding steroid dienone is 2. The fourth-order valence-corrected chi connectivity index (χ4v) is 8.24. The van der Waals surface area contributed by atoms with Crippen LogP contribution >= 0.6 is 0 Å². The minimum Gasteiger partial charge on any atom is -0.504 e. The van der Waals surface area contributed by atoms with Gasteiger partial charge in [0, 0.05) is 5.92 Å². The fourth-order valence-electron chi connectivity index (χ4n) is 8.24. The molecule has 224 valence electrons. The van der Waals surface area contributed by atoms with Crippen molar-refractivity contribution in [3.63, 3.8) is 0 Å². The van der Waals surface area contributed by atoms with Crippen molar-refractivity contribution in [1.29, 1.82) is 0 Å². The Balaban J connectivity index is 1.35. The number of anilines is 2. The molecule has 8 nitrogen and oxygen atoms in total. The van der Waals surface area contributed by atoms with E-state index in [2.05, 4.69) is 0 Å². The summed E-state index contributed by atoms with van der Waals surface area (Å²) in [4.78, 5) is 59.2. The number of phenols is 1. The molecule has 44 heavy (non-hydrogen) atoms. The van der Waals surface area contributed by atoms with Crippen LogP contribution in [0.4, 0.5) is 11.4 Å². The number of aryl methyl sites for hydroxylation is 1. The van der Waals surface area contributed by atoms with Gasteiger partial charge in [0.05, 0.1) is 41.7 Å². The van der Waals surface area contributed by atoms with Gasteiger partial charge in [-0.05, 0) is 79.6 Å². The third kappa shape index (κ3) is 3.82. The number of amides is 4. The van der Waals surface area contributed by atoms with Gasteiger partial charge in [0.2, 0.25) is 23.6 Å². The predicted octanol–water partition coefficient (Wildman–Crippen LogP) is 5.40. The largest absolute Gasteiger partial charge is 0.504 e. The summed E-state index contributed by atoms with van der Waals surface area (Å²) in [6.45, 7) is 3.88. The maximum Gasteiger partial charge on any atom is 0.241 e. The molecular formula is C36H34N2O6. The molecule has 4 amide bonds. The lowest BCUT2D eigenvalue weighted by atomic mass is 9.51. The monoisotopic (exact) mass is 590 g/mol. The van der Waals surface area contributed by atoms with Crippen molar-refractivity contribution >= 4 is 35.0 Å². The van der Waals surface area contributed by atoms with Crippen LogP contribution in [0.5, 0.6) is 11.5 Å². The van der Waals surface area contributed by atoms with E-state index in [1.165, 1.54) is 16.9 Å². The van der Waals surface area contributed by atoms with Crippen LogP contribution in [0.15, 0.2) is 84.4 Å². The molecule has 8 heteroatoms. The van der Waals surface area contributed by atoms with Crippen molar-refractivity contribution < 1.29 is 29.0 Å². The van der Waals surface area contributed by atoms with Crippen molar-refractivity contribution in [2.75, 3.05) is 16.9 Å². The topological polar surface area (TPSA) is 104 Å². The van der Waals surface area contributed by atoms with Crippen molar-refractivity contribution in [1.82, 2.24) is 0 Å². The van der Waals surface area contributed by atoms with E-state index < -0.39 is 35.0 Å². The molecule has 0 aromatic heterocycles. The molecule has 2 saturated heterocycles. The number of carbonyl (C=O) groups is 4. The Hall–Kier alpha value is -4.72. The summed E-state index contributed by atoms with van der Waals surface area (Å²) in [5.74, 6) is -3.86. The van der Waals surface area contributed by atoms with Gasteiger partial charge in [0.15, 0.2) is 11.5 Å². The number of methoxy groups -OCH3 is 1. The quantitative estimate of drug-likeness (QED) is 0.315. The Morgan fingerprint density at radius 2 is 1.57 bits per heavy atom. The first-order valence-corrected chi connectivity index (χ1v) is 15.2. The number of nitrogens with zero attached hydrogens (tertiary/aromatic N) is 2. The standard InChI is InChI=1S/C36H34N2O6/c1-4-20-10-13-23(14-11-20)37-32(40)25-16-15-24-26(30(25)34(37)42)19-27-33(41)38(22-8-6-5-7-9-22)35(43)36(27,2)31(24)21-12-17-29(44-3)28(39)18-21/h5-15,17-18,25-27,30-31,39H,4,16,19H2,1-3H3/t25-,26+,27-,30-,31-,36+/m0/s1. The molecule has 3 aromatic carbocycles. The number of aromatic hydroxyl groups is 1. The number of fused-ring (bicyclic) bond motifs is 4. The maximum atomic E-state index is 14.4. The summed E-state index contributed by atoms with van der Waals surface area (Å²) in [5, 5.41) is 10.8. The average molecular weight is 591 g/mol. The van der Waals surface area contributed by atoms with E-state index in [-0.39, 0.29) is 35.8 Å². The van der Waals surface area contributed by atoms with Gasteiger partial charge in [0.25, 0.3) is 0 Å². The van der Waals surface area contributed by atoms with Gasteiger partial charge in [-0.1, -0.05) is 55.0 Å². The van der Waals surface area contributed by atoms with E-state index >= 15 is 0 Å². The highest BCUT2D eigenvalue weighted by Gasteiger charge is 2.67. The van der Waals surface area contributed by atoms with E-state index in [4.69, 9.17) is 4.74 Å². The number of rotatable bonds is 5. The fraction of sp³-hybridized carbons (Fsp3) is 0.333. The molecule has 2 aliphatic carbocycles. The number of phenolic OH excluding ortho intramolecular Hbond substituents is 1. The lowest BCUT2D eigenvalue weighted by Crippen LogP contribution is -2.48. The Morgan fingerprint density at radius 3 is 2.23 bits per heavy atom. The lowest BCUT2D eigenvalue weighted by molar-refractivity contribution is -0.131. The van der Waals surface area contributed by atoms with Gasteiger partial charge in [-0.15, -0.1) is 0 Å². The molecule has 3 fully saturated rings. The van der Waals surface area contributed by atoms with Gasteiger partial charge >= 0.3 is 0 Å². The highest BCUT2D eigenvalue weighted by atomic mass is 16.5. The van der Waals surface area contributed by atoms with Crippen LogP contribution in [0.1, 0.15) is 43.7 Å². The van der Waals surface area contributed by atoms with Gasteiger partial charge in [0.1, 0.15) is 0 Å². The predicted molar refractivity (Wildman–Crippen MR) is 164 cm³/mol. The third-order valence-electron chi connectivity index (χ3n) is 10.4. The van der Waals surface area contributed by atoms with Crippen LogP contribution in [0.2, 0.25) is 0 Å². The summed E-state index contributed by atoms with van der Waals surface area (Å²) in [6.07, 6.45) is 3.49. The minimum absolute atomic E-state index is 0.0768. The van der Waals surface area contributed by atoms with Crippen LogP contribution in [-0.4, -0.2) is 35.8 Å². The maximum absolute atomic E-state index is 14.4. The zero-order chi connectivity index (χ0) is 30.9. The number of hydrogen-bond acceptors (Lipinski definition) is 6. The molecule has 2 heterocycles. The summed E-state index contributed by atoms with van der Waals surface area (Å²) in [7, 11) is 1.47. The molecule has 1 saturated carbocycles. The molecule has 2 aliphatic heterocycles. The van der Waals surface area contributed by atoms with Crippen molar-refractivity contribution in [2.24, 2.45) is 29.1 Å². The summed E-state index contributed by atoms with van der Waals surface area (Å²) >= 11 is 0. The van der Waals surface area contributed by atoms with Crippen LogP contribution in [0.3, 0.4) is 0 Å². The van der Waals surface area contributed by atoms with Gasteiger partial charge in [-0.3, -0.25) is 24.1 Å². The molecule has 4 aliphatic rings. The zero-order valence-corrected chi connectivity index (χ0v) is 24.9. The first-order chi connectivity index (χ1) is 21.2. The van der Waals surface area contributed by atoms with Crippen molar-refractivity contribution in [2.45, 2.75) is 39.0 Å². The number of carbonyl (C=O) groups excluding carboxylic acids is 4. The Kier molecular flexibility index (Phi) is 6.50. The normalized spacial score (nSPS) is 29.3. The zero-order valence-electron chi connectivity index (χ0n) is 24.9. The highest BCUT2D eigenvalue weighted by molar-refractivity contribution is 6.25. The van der Waals surface area contributed by atoms with E-state index in [0.29, 0.717) is 29.1 Å². The lowest BCUT2D eigenvalue weighted by Gasteiger charge is -2.49. The molecule has 6 atom stereocenters. The number of hydrogen-bond donors (Lipinski definition) is 1. The van der Waals surface area contributed by atoms with Crippen LogP contribution < -0.4 is 14.5 Å². The summed E-state index contributed by atoms with van der Waals surface area (Å²) in [6, 6.07) is 21.4. The van der Waals surface area contributed by atoms with E-state index in [1.807, 2.05) is 56.3 Å². The second-order valence-corrected chi connectivity index (χ2v) is 12.5. The highest BCUT2D eigenvalue weighted by Crippen LogP contribution is 2.64. The molecule has 0 spiro atoms. The number of ether oxygens (including phenoxy) is 1. The second-order valence-electron chi connectivity index (χ2n) is 12.5. The first-order valence-electron chi connectivity index (χ1n) is 15.2. The van der Waals surface area contributed by atoms with Crippen LogP contribution in [0.25, 0.3) is 0 Å². The molecule has 1 N–H and O–H groups in total. The molecule has 7 rings (SSSR count). The molecule has 0 unspecified atom stereocenters. The van der Waals surface area contributed by atoms with Gasteiger partial charge in [-0.2, -0.15) is 0 Å². The number of para-hydroxylation sites is 1. The Bertz CT molecular complexity index is 1730. The summed E-state index contributed by atoms with van der Waals surface area (Å²) < 4.78 is 5.29. The number of imide groups is 2. The van der Waals surface area contributed by atoms with Gasteiger partial charge < -0.3 is 9.84 Å². The number of benzene rings is 3. The molecule has 0 bridgehead atoms. The van der Waals surface area contributed by atoms with E-state index in [9.17, 15) is 24.3 Å². The van der Waals surface area contributed by atoms with Gasteiger partial charge in [-0.25, -0.2) is 4.90 Å². The molecule has 3 aromatic rings. The molecular weight excluding hydrogens is 556 g/mol. The minimum atomic E-state index is -1.18. The smallest absolute Gasteiger partial charge is 0.241 e. The second kappa shape index (κ2) is 10.2. The third-order valence-corrected chi connectivity index (χ3v) is 10.4. The van der Waals surface area contributed by atoms with Crippen molar-refractivity contribution in [3.8, 4) is 11.5 Å². The average Bonchev–Trinajstić information content (AvgIpc) is 3.40. The Labute approximate surface area is 255 Å². The first kappa shape index (κ1) is 28.1. The summed E-state index contributed by atoms with van der Waals surface area (Å²) in [5.41, 5.74) is 2.51. The molecule has 0 radical (unpaired) electrons. The van der Waals surface area contributed by atoms with Crippen molar-refractivity contribution in [3.05, 3.63) is 95.6 Å². The van der Waals surface area contributed by atoms with E-state index in [1.54, 1.807) is 36.4 Å². The Morgan fingerprint density at radius 1 is 0.864 bits per heavy atom. The SMILES string of the molecule is CCc1ccc(N2C(=O)[C@H]3[C@H](CC=C4[C@H]3C[C@H]3C(=O)N(c5ccccc5)C(=O)[C@@]3(C)[C@H]4c3ccc(OC)c(O)c3)C2=O)cc1. The van der Waals surface area contributed by atoms with Crippen LogP contribution in [-0.2, 0) is 25.6 Å². The van der Waals surface area contributed by atoms with Crippen LogP contribution in [0, 0.1) is 29.1 Å². The van der Waals surface area contributed by atoms with E-state index in [0.717, 1.165) is 17.6 Å².